The van der Waals surface area contributed by atoms with E-state index in [9.17, 15) is 0 Å². The highest BCUT2D eigenvalue weighted by atomic mass is 127. The summed E-state index contributed by atoms with van der Waals surface area (Å²) in [4.78, 5) is 0. The molecule has 0 bridgehead atoms. The lowest BCUT2D eigenvalue weighted by Crippen LogP contribution is -2.19. The second-order valence-electron chi connectivity index (χ2n) is 4.19. The van der Waals surface area contributed by atoms with Gasteiger partial charge >= 0.3 is 0 Å². The van der Waals surface area contributed by atoms with Crippen molar-refractivity contribution in [3.63, 3.8) is 0 Å². The Kier molecular flexibility index (Phi) is 5.03. The van der Waals surface area contributed by atoms with Gasteiger partial charge in [0.15, 0.2) is 0 Å². The molecular formula is C15H15ClIN. The summed E-state index contributed by atoms with van der Waals surface area (Å²) in [5.74, 6) is 0. The zero-order valence-electron chi connectivity index (χ0n) is 10.2. The number of hydrogen-bond acceptors (Lipinski definition) is 1. The molecule has 0 amide bonds. The van der Waals surface area contributed by atoms with Gasteiger partial charge in [0, 0.05) is 14.6 Å². The fourth-order valence-corrected chi connectivity index (χ4v) is 2.77. The van der Waals surface area contributed by atoms with Crippen molar-refractivity contribution in [2.45, 2.75) is 12.5 Å². The third-order valence-corrected chi connectivity index (χ3v) is 4.02. The Bertz CT molecular complexity index is 527. The largest absolute Gasteiger partial charge is 0.313 e. The summed E-state index contributed by atoms with van der Waals surface area (Å²) in [7, 11) is 1.99. The predicted molar refractivity (Wildman–Crippen MR) is 86.1 cm³/mol. The summed E-state index contributed by atoms with van der Waals surface area (Å²) >= 11 is 8.55. The molecule has 0 aliphatic rings. The molecule has 1 nitrogen and oxygen atoms in total. The second-order valence-corrected chi connectivity index (χ2v) is 5.84. The van der Waals surface area contributed by atoms with E-state index in [0.29, 0.717) is 6.04 Å². The van der Waals surface area contributed by atoms with Crippen LogP contribution in [0.15, 0.2) is 48.5 Å². The van der Waals surface area contributed by atoms with Crippen LogP contribution in [0.3, 0.4) is 0 Å². The van der Waals surface area contributed by atoms with Gasteiger partial charge in [0.25, 0.3) is 0 Å². The van der Waals surface area contributed by atoms with Gasteiger partial charge in [0.1, 0.15) is 0 Å². The van der Waals surface area contributed by atoms with Gasteiger partial charge in [0.2, 0.25) is 0 Å². The van der Waals surface area contributed by atoms with Crippen molar-refractivity contribution in [2.24, 2.45) is 0 Å². The normalized spacial score (nSPS) is 12.4. The molecular weight excluding hydrogens is 357 g/mol. The topological polar surface area (TPSA) is 12.0 Å². The first-order valence-corrected chi connectivity index (χ1v) is 7.32. The van der Waals surface area contributed by atoms with Crippen molar-refractivity contribution in [3.8, 4) is 0 Å². The van der Waals surface area contributed by atoms with E-state index >= 15 is 0 Å². The first kappa shape index (κ1) is 13.8. The standard InChI is InChI=1S/C15H15ClIN/c1-18-15(12-6-4-7-13(17)9-12)10-11-5-2-3-8-14(11)16/h2-9,15,18H,10H2,1H3. The fraction of sp³-hybridized carbons (Fsp3) is 0.200. The summed E-state index contributed by atoms with van der Waals surface area (Å²) in [6.07, 6.45) is 0.899. The average molecular weight is 372 g/mol. The molecule has 0 aromatic heterocycles. The van der Waals surface area contributed by atoms with Gasteiger partial charge in [-0.15, -0.1) is 0 Å². The first-order valence-electron chi connectivity index (χ1n) is 5.87. The smallest absolute Gasteiger partial charge is 0.0438 e. The zero-order valence-corrected chi connectivity index (χ0v) is 13.1. The molecule has 0 aliphatic carbocycles. The van der Waals surface area contributed by atoms with E-state index in [2.05, 4.69) is 58.2 Å². The second kappa shape index (κ2) is 6.55. The summed E-state index contributed by atoms with van der Waals surface area (Å²) in [5, 5.41) is 4.20. The summed E-state index contributed by atoms with van der Waals surface area (Å²) in [5.41, 5.74) is 2.47. The van der Waals surface area contributed by atoms with Gasteiger partial charge in [-0.3, -0.25) is 0 Å². The van der Waals surface area contributed by atoms with Crippen LogP contribution in [-0.2, 0) is 6.42 Å². The van der Waals surface area contributed by atoms with E-state index in [-0.39, 0.29) is 0 Å². The summed E-state index contributed by atoms with van der Waals surface area (Å²) < 4.78 is 1.25. The molecule has 1 atom stereocenters. The van der Waals surface area contributed by atoms with Crippen LogP contribution in [-0.4, -0.2) is 7.05 Å². The quantitative estimate of drug-likeness (QED) is 0.783. The molecule has 1 N–H and O–H groups in total. The molecule has 0 aliphatic heterocycles. The van der Waals surface area contributed by atoms with Crippen molar-refractivity contribution < 1.29 is 0 Å². The SMILES string of the molecule is CNC(Cc1ccccc1Cl)c1cccc(I)c1. The first-order chi connectivity index (χ1) is 8.70. The molecule has 0 saturated heterocycles. The molecule has 2 aromatic rings. The van der Waals surface area contributed by atoms with E-state index in [1.165, 1.54) is 14.7 Å². The van der Waals surface area contributed by atoms with Crippen LogP contribution in [0.25, 0.3) is 0 Å². The lowest BCUT2D eigenvalue weighted by molar-refractivity contribution is 0.592. The molecule has 1 unspecified atom stereocenters. The molecule has 2 rings (SSSR count). The van der Waals surface area contributed by atoms with Crippen LogP contribution in [0.2, 0.25) is 5.02 Å². The molecule has 3 heteroatoms. The molecule has 0 saturated carbocycles. The minimum Gasteiger partial charge on any atom is -0.313 e. The molecule has 94 valence electrons. The lowest BCUT2D eigenvalue weighted by Gasteiger charge is -2.17. The van der Waals surface area contributed by atoms with Gasteiger partial charge in [-0.05, 0) is 65.4 Å². The Morgan fingerprint density at radius 3 is 2.61 bits per heavy atom. The number of benzene rings is 2. The average Bonchev–Trinajstić information content (AvgIpc) is 2.38. The molecule has 0 heterocycles. The fourth-order valence-electron chi connectivity index (χ4n) is 1.99. The van der Waals surface area contributed by atoms with E-state index in [1.54, 1.807) is 0 Å². The van der Waals surface area contributed by atoms with Crippen molar-refractivity contribution in [2.75, 3.05) is 7.05 Å². The monoisotopic (exact) mass is 371 g/mol. The van der Waals surface area contributed by atoms with Crippen molar-refractivity contribution in [1.29, 1.82) is 0 Å². The van der Waals surface area contributed by atoms with Gasteiger partial charge in [-0.1, -0.05) is 41.9 Å². The highest BCUT2D eigenvalue weighted by molar-refractivity contribution is 14.1. The van der Waals surface area contributed by atoms with E-state index in [1.807, 2.05) is 25.2 Å². The number of halogens is 2. The number of rotatable bonds is 4. The third kappa shape index (κ3) is 3.46. The van der Waals surface area contributed by atoms with Crippen LogP contribution < -0.4 is 5.32 Å². The summed E-state index contributed by atoms with van der Waals surface area (Å²) in [6, 6.07) is 16.9. The molecule has 2 aromatic carbocycles. The van der Waals surface area contributed by atoms with Gasteiger partial charge < -0.3 is 5.32 Å². The number of likely N-dealkylation sites (N-methyl/N-ethyl adjacent to an activating group) is 1. The molecule has 18 heavy (non-hydrogen) atoms. The van der Waals surface area contributed by atoms with Crippen molar-refractivity contribution in [3.05, 3.63) is 68.3 Å². The Morgan fingerprint density at radius 1 is 1.17 bits per heavy atom. The number of hydrogen-bond donors (Lipinski definition) is 1. The van der Waals surface area contributed by atoms with Crippen LogP contribution in [0, 0.1) is 3.57 Å². The maximum atomic E-state index is 6.21. The van der Waals surface area contributed by atoms with Gasteiger partial charge in [-0.2, -0.15) is 0 Å². The van der Waals surface area contributed by atoms with E-state index in [0.717, 1.165) is 11.4 Å². The predicted octanol–water partition coefficient (Wildman–Crippen LogP) is 4.45. The Labute approximate surface area is 127 Å². The Balaban J connectivity index is 2.23. The summed E-state index contributed by atoms with van der Waals surface area (Å²) in [6.45, 7) is 0. The minimum atomic E-state index is 0.291. The minimum absolute atomic E-state index is 0.291. The highest BCUT2D eigenvalue weighted by Crippen LogP contribution is 2.24. The van der Waals surface area contributed by atoms with Crippen LogP contribution in [0.4, 0.5) is 0 Å². The van der Waals surface area contributed by atoms with Crippen molar-refractivity contribution in [1.82, 2.24) is 5.32 Å². The molecule has 0 radical (unpaired) electrons. The van der Waals surface area contributed by atoms with E-state index < -0.39 is 0 Å². The van der Waals surface area contributed by atoms with Crippen LogP contribution >= 0.6 is 34.2 Å². The maximum Gasteiger partial charge on any atom is 0.0438 e. The third-order valence-electron chi connectivity index (χ3n) is 2.98. The zero-order chi connectivity index (χ0) is 13.0. The Morgan fingerprint density at radius 2 is 1.94 bits per heavy atom. The van der Waals surface area contributed by atoms with Crippen molar-refractivity contribution >= 4 is 34.2 Å². The molecule has 0 spiro atoms. The Hall–Kier alpha value is -0.580. The van der Waals surface area contributed by atoms with Crippen LogP contribution in [0.5, 0.6) is 0 Å². The van der Waals surface area contributed by atoms with Gasteiger partial charge in [0.05, 0.1) is 0 Å². The maximum absolute atomic E-state index is 6.21. The number of nitrogens with one attached hydrogen (secondary N) is 1. The lowest BCUT2D eigenvalue weighted by atomic mass is 9.99. The molecule has 0 fully saturated rings. The highest BCUT2D eigenvalue weighted by Gasteiger charge is 2.11. The van der Waals surface area contributed by atoms with Crippen LogP contribution in [0.1, 0.15) is 17.2 Å². The van der Waals surface area contributed by atoms with E-state index in [4.69, 9.17) is 11.6 Å². The van der Waals surface area contributed by atoms with Gasteiger partial charge in [-0.25, -0.2) is 0 Å².